The second-order valence-corrected chi connectivity index (χ2v) is 8.25. The minimum atomic E-state index is -2.74. The minimum absolute atomic E-state index is 0.409. The number of carboxylic acids is 3. The van der Waals surface area contributed by atoms with Crippen molar-refractivity contribution in [3.8, 4) is 0 Å². The summed E-state index contributed by atoms with van der Waals surface area (Å²) >= 11 is 1.72. The van der Waals surface area contributed by atoms with E-state index in [-0.39, 0.29) is 0 Å². The maximum atomic E-state index is 10.3. The highest BCUT2D eigenvalue weighted by molar-refractivity contribution is 7.98. The second kappa shape index (κ2) is 15.5. The monoisotopic (exact) mass is 506 g/mol. The summed E-state index contributed by atoms with van der Waals surface area (Å²) in [6.07, 6.45) is -1.37. The first-order chi connectivity index (χ1) is 15.8. The average molecular weight is 507 g/mol. The highest BCUT2D eigenvalue weighted by atomic mass is 32.2. The summed E-state index contributed by atoms with van der Waals surface area (Å²) in [7, 11) is 5.64. The quantitative estimate of drug-likeness (QED) is 0.106. The van der Waals surface area contributed by atoms with Gasteiger partial charge in [0.15, 0.2) is 11.4 Å². The topological polar surface area (TPSA) is 216 Å². The van der Waals surface area contributed by atoms with Crippen LogP contribution in [0.3, 0.4) is 0 Å². The molecule has 14 nitrogen and oxygen atoms in total. The Kier molecular flexibility index (Phi) is 14.0. The van der Waals surface area contributed by atoms with Crippen LogP contribution < -0.4 is 10.6 Å². The van der Waals surface area contributed by atoms with Crippen molar-refractivity contribution in [1.82, 2.24) is 15.5 Å². The van der Waals surface area contributed by atoms with Gasteiger partial charge < -0.3 is 40.4 Å². The summed E-state index contributed by atoms with van der Waals surface area (Å²) in [5.74, 6) is -1.07. The third-order valence-electron chi connectivity index (χ3n) is 3.78. The fraction of sp³-hybridized carbons (Fsp3) is 0.526. The molecule has 192 valence electrons. The number of hydrogen-bond donors (Lipinski definition) is 6. The molecule has 1 aromatic rings. The first-order valence-corrected chi connectivity index (χ1v) is 10.9. The van der Waals surface area contributed by atoms with Crippen molar-refractivity contribution in [2.75, 3.05) is 33.4 Å². The van der Waals surface area contributed by atoms with Crippen LogP contribution >= 0.6 is 11.8 Å². The number of carboxylic acid groups (broad SMARTS) is 3. The maximum absolute atomic E-state index is 10.3. The van der Waals surface area contributed by atoms with E-state index < -0.39 is 41.3 Å². The summed E-state index contributed by atoms with van der Waals surface area (Å²) in [5, 5.41) is 49.9. The summed E-state index contributed by atoms with van der Waals surface area (Å²) in [6.45, 7) is 1.44. The van der Waals surface area contributed by atoms with Gasteiger partial charge in [-0.2, -0.15) is 11.8 Å². The van der Waals surface area contributed by atoms with Gasteiger partial charge >= 0.3 is 17.9 Å². The number of carbonyl (C=O) groups is 3. The fourth-order valence-electron chi connectivity index (χ4n) is 2.35. The Balaban J connectivity index is 0.000000722. The summed E-state index contributed by atoms with van der Waals surface area (Å²) < 4.78 is 5.70. The predicted molar refractivity (Wildman–Crippen MR) is 121 cm³/mol. The number of aliphatic carboxylic acids is 3. The molecular formula is C19H30N4O10S. The molecule has 1 rings (SSSR count). The summed E-state index contributed by atoms with van der Waals surface area (Å²) in [4.78, 5) is 42.4. The SMILES string of the molecule is CNC(=C[N+](=O)[O-])NCCSCc1ccc(CN(C)C)o1.O=C(O)CC(O)(CC(=O)O)C(=O)O. The molecule has 0 saturated heterocycles. The van der Waals surface area contributed by atoms with E-state index in [9.17, 15) is 24.5 Å². The van der Waals surface area contributed by atoms with Crippen LogP contribution in [0.1, 0.15) is 24.4 Å². The van der Waals surface area contributed by atoms with E-state index >= 15 is 0 Å². The van der Waals surface area contributed by atoms with E-state index in [0.29, 0.717) is 12.4 Å². The number of aliphatic hydroxyl groups is 1. The molecule has 0 aromatic carbocycles. The van der Waals surface area contributed by atoms with Crippen LogP contribution in [0.15, 0.2) is 28.6 Å². The normalized spacial score (nSPS) is 11.4. The Morgan fingerprint density at radius 1 is 1.18 bits per heavy atom. The molecule has 0 saturated carbocycles. The first kappa shape index (κ1) is 30.7. The molecular weight excluding hydrogens is 476 g/mol. The molecule has 34 heavy (non-hydrogen) atoms. The molecule has 1 heterocycles. The molecule has 0 amide bonds. The third kappa shape index (κ3) is 14.0. The smallest absolute Gasteiger partial charge is 0.336 e. The van der Waals surface area contributed by atoms with Crippen LogP contribution in [0.2, 0.25) is 0 Å². The van der Waals surface area contributed by atoms with E-state index in [0.717, 1.165) is 35.8 Å². The number of nitrogens with zero attached hydrogens (tertiary/aromatic N) is 2. The number of hydrogen-bond acceptors (Lipinski definition) is 11. The van der Waals surface area contributed by atoms with Gasteiger partial charge in [0.25, 0.3) is 6.20 Å². The van der Waals surface area contributed by atoms with Gasteiger partial charge in [-0.25, -0.2) is 4.79 Å². The van der Waals surface area contributed by atoms with E-state index in [2.05, 4.69) is 15.5 Å². The molecule has 0 atom stereocenters. The zero-order valence-electron chi connectivity index (χ0n) is 19.0. The Morgan fingerprint density at radius 3 is 2.18 bits per heavy atom. The third-order valence-corrected chi connectivity index (χ3v) is 4.77. The van der Waals surface area contributed by atoms with Gasteiger partial charge in [0.05, 0.1) is 30.1 Å². The first-order valence-electron chi connectivity index (χ1n) is 9.75. The van der Waals surface area contributed by atoms with Crippen LogP contribution in [0.4, 0.5) is 0 Å². The van der Waals surface area contributed by atoms with Gasteiger partial charge in [-0.15, -0.1) is 0 Å². The fourth-order valence-corrected chi connectivity index (χ4v) is 3.09. The predicted octanol–water partition coefficient (Wildman–Crippen LogP) is 0.211. The van der Waals surface area contributed by atoms with Gasteiger partial charge in [0.1, 0.15) is 11.5 Å². The van der Waals surface area contributed by atoms with Crippen molar-refractivity contribution in [1.29, 1.82) is 0 Å². The lowest BCUT2D eigenvalue weighted by Crippen LogP contribution is -2.42. The Hall–Kier alpha value is -3.30. The van der Waals surface area contributed by atoms with E-state index in [4.69, 9.17) is 24.8 Å². The van der Waals surface area contributed by atoms with Crippen LogP contribution in [0, 0.1) is 10.1 Å². The molecule has 15 heteroatoms. The van der Waals surface area contributed by atoms with Gasteiger partial charge in [-0.3, -0.25) is 19.7 Å². The Morgan fingerprint density at radius 2 is 1.74 bits per heavy atom. The number of nitro groups is 1. The lowest BCUT2D eigenvalue weighted by atomic mass is 9.96. The maximum Gasteiger partial charge on any atom is 0.336 e. The molecule has 0 aliphatic rings. The zero-order valence-corrected chi connectivity index (χ0v) is 19.8. The zero-order chi connectivity index (χ0) is 26.3. The lowest BCUT2D eigenvalue weighted by molar-refractivity contribution is -0.404. The van der Waals surface area contributed by atoms with Crippen molar-refractivity contribution in [3.63, 3.8) is 0 Å². The second-order valence-electron chi connectivity index (χ2n) is 7.14. The minimum Gasteiger partial charge on any atom is -0.481 e. The van der Waals surface area contributed by atoms with Gasteiger partial charge in [0.2, 0.25) is 0 Å². The van der Waals surface area contributed by atoms with Gasteiger partial charge in [-0.1, -0.05) is 0 Å². The Bertz CT molecular complexity index is 840. The largest absolute Gasteiger partial charge is 0.481 e. The van der Waals surface area contributed by atoms with Crippen LogP contribution in [0.5, 0.6) is 0 Å². The summed E-state index contributed by atoms with van der Waals surface area (Å²) in [5.41, 5.74) is -2.74. The van der Waals surface area contributed by atoms with E-state index in [1.807, 2.05) is 26.2 Å². The van der Waals surface area contributed by atoms with Gasteiger partial charge in [0, 0.05) is 19.3 Å². The van der Waals surface area contributed by atoms with E-state index in [1.54, 1.807) is 18.8 Å². The van der Waals surface area contributed by atoms with E-state index in [1.165, 1.54) is 0 Å². The number of thioether (sulfide) groups is 1. The number of furan rings is 1. The molecule has 0 spiro atoms. The van der Waals surface area contributed by atoms with Gasteiger partial charge in [-0.05, 0) is 26.2 Å². The molecule has 0 bridgehead atoms. The van der Waals surface area contributed by atoms with Crippen LogP contribution in [-0.2, 0) is 26.7 Å². The highest BCUT2D eigenvalue weighted by Gasteiger charge is 2.40. The molecule has 1 aromatic heterocycles. The lowest BCUT2D eigenvalue weighted by Gasteiger charge is -2.18. The number of rotatable bonds is 15. The molecule has 0 aliphatic heterocycles. The highest BCUT2D eigenvalue weighted by Crippen LogP contribution is 2.16. The molecule has 0 fully saturated rings. The standard InChI is InChI=1S/C13H22N4O3S.C6H8O7/c1-14-13(9-17(18)19)15-6-7-21-10-12-5-4-11(20-12)8-16(2)3;7-3(8)1-6(13,5(11)12)2-4(9)10/h4-5,9,14-15H,6-8,10H2,1-3H3;13H,1-2H2,(H,7,8)(H,9,10)(H,11,12). The molecule has 0 radical (unpaired) electrons. The molecule has 0 unspecified atom stereocenters. The molecule has 6 N–H and O–H groups in total. The van der Waals surface area contributed by atoms with Crippen molar-refractivity contribution in [2.45, 2.75) is 30.7 Å². The van der Waals surface area contributed by atoms with Crippen LogP contribution in [-0.4, -0.2) is 87.2 Å². The van der Waals surface area contributed by atoms with Crippen LogP contribution in [0.25, 0.3) is 0 Å². The molecule has 0 aliphatic carbocycles. The number of nitrogens with one attached hydrogen (secondary N) is 2. The Labute approximate surface area is 199 Å². The average Bonchev–Trinajstić information content (AvgIpc) is 3.12. The van der Waals surface area contributed by atoms with Crippen molar-refractivity contribution in [3.05, 3.63) is 45.8 Å². The van der Waals surface area contributed by atoms with Crippen molar-refractivity contribution in [2.24, 2.45) is 0 Å². The summed E-state index contributed by atoms with van der Waals surface area (Å²) in [6, 6.07) is 3.98. The van der Waals surface area contributed by atoms with Crippen molar-refractivity contribution < 1.29 is 44.2 Å². The van der Waals surface area contributed by atoms with Crippen molar-refractivity contribution >= 4 is 29.7 Å².